The van der Waals surface area contributed by atoms with Crippen LogP contribution in [0.4, 0.5) is 5.69 Å². The van der Waals surface area contributed by atoms with Crippen LogP contribution in [0.3, 0.4) is 0 Å². The van der Waals surface area contributed by atoms with Gasteiger partial charge < -0.3 is 5.32 Å². The molecule has 0 atom stereocenters. The van der Waals surface area contributed by atoms with Gasteiger partial charge in [-0.05, 0) is 66.4 Å². The highest BCUT2D eigenvalue weighted by molar-refractivity contribution is 8.18. The lowest BCUT2D eigenvalue weighted by molar-refractivity contribution is -0.115. The fourth-order valence-electron chi connectivity index (χ4n) is 2.15. The summed E-state index contributed by atoms with van der Waals surface area (Å²) in [6, 6.07) is 16.0. The van der Waals surface area contributed by atoms with Crippen LogP contribution in [0, 0.1) is 6.92 Å². The Hall–Kier alpha value is -1.98. The number of thioether (sulfide) groups is 2. The van der Waals surface area contributed by atoms with Crippen LogP contribution in [0.25, 0.3) is 6.08 Å². The standard InChI is InChI=1S/C18H16N2OS2/c1-12-4-3-5-14(10-12)19-18-20-17(21)16(23-18)11-13-6-8-15(22-2)9-7-13/h3-11H,1-2H3,(H,19,20,21)/b16-11+. The van der Waals surface area contributed by atoms with E-state index in [1.54, 1.807) is 11.8 Å². The number of nitrogens with one attached hydrogen (secondary N) is 1. The molecule has 23 heavy (non-hydrogen) atoms. The quantitative estimate of drug-likeness (QED) is 0.655. The van der Waals surface area contributed by atoms with Crippen LogP contribution in [0.5, 0.6) is 0 Å². The van der Waals surface area contributed by atoms with E-state index in [1.165, 1.54) is 16.7 Å². The van der Waals surface area contributed by atoms with Gasteiger partial charge in [0.05, 0.1) is 10.6 Å². The number of benzene rings is 2. The summed E-state index contributed by atoms with van der Waals surface area (Å²) in [5.74, 6) is -0.102. The fraction of sp³-hybridized carbons (Fsp3) is 0.111. The first-order valence-electron chi connectivity index (χ1n) is 7.14. The van der Waals surface area contributed by atoms with Gasteiger partial charge in [0, 0.05) is 4.90 Å². The normalized spacial score (nSPS) is 17.7. The Kier molecular flexibility index (Phi) is 4.88. The van der Waals surface area contributed by atoms with Gasteiger partial charge in [0.1, 0.15) is 0 Å². The average molecular weight is 340 g/mol. The molecule has 1 N–H and O–H groups in total. The van der Waals surface area contributed by atoms with Gasteiger partial charge in [-0.1, -0.05) is 24.3 Å². The number of aryl methyl sites for hydroxylation is 1. The van der Waals surface area contributed by atoms with E-state index in [4.69, 9.17) is 0 Å². The summed E-state index contributed by atoms with van der Waals surface area (Å²) in [6.45, 7) is 2.02. The molecule has 0 aromatic heterocycles. The lowest BCUT2D eigenvalue weighted by Gasteiger charge is -1.98. The molecule has 1 heterocycles. The largest absolute Gasteiger partial charge is 0.300 e. The van der Waals surface area contributed by atoms with Gasteiger partial charge in [-0.2, -0.15) is 0 Å². The van der Waals surface area contributed by atoms with Crippen molar-refractivity contribution in [1.82, 2.24) is 5.32 Å². The smallest absolute Gasteiger partial charge is 0.264 e. The zero-order valence-electron chi connectivity index (χ0n) is 12.9. The topological polar surface area (TPSA) is 41.5 Å². The number of amidine groups is 1. The molecule has 3 rings (SSSR count). The molecule has 1 amide bonds. The molecule has 116 valence electrons. The molecule has 0 unspecified atom stereocenters. The Morgan fingerprint density at radius 2 is 1.96 bits per heavy atom. The van der Waals surface area contributed by atoms with Crippen molar-refractivity contribution in [2.45, 2.75) is 11.8 Å². The van der Waals surface area contributed by atoms with Gasteiger partial charge in [-0.3, -0.25) is 4.79 Å². The van der Waals surface area contributed by atoms with E-state index in [0.717, 1.165) is 16.8 Å². The monoisotopic (exact) mass is 340 g/mol. The van der Waals surface area contributed by atoms with E-state index in [2.05, 4.69) is 22.4 Å². The van der Waals surface area contributed by atoms with Crippen LogP contribution in [0.15, 0.2) is 63.3 Å². The minimum atomic E-state index is -0.102. The predicted molar refractivity (Wildman–Crippen MR) is 100 cm³/mol. The van der Waals surface area contributed by atoms with Crippen LogP contribution < -0.4 is 5.32 Å². The van der Waals surface area contributed by atoms with E-state index in [-0.39, 0.29) is 5.91 Å². The molecule has 5 heteroatoms. The Labute approximate surface area is 144 Å². The first-order valence-corrected chi connectivity index (χ1v) is 9.18. The molecule has 1 aliphatic rings. The predicted octanol–water partition coefficient (Wildman–Crippen LogP) is 4.61. The van der Waals surface area contributed by atoms with E-state index in [0.29, 0.717) is 10.1 Å². The molecule has 1 aliphatic heterocycles. The lowest BCUT2D eigenvalue weighted by Crippen LogP contribution is -2.19. The van der Waals surface area contributed by atoms with Gasteiger partial charge in [0.15, 0.2) is 5.17 Å². The average Bonchev–Trinajstić information content (AvgIpc) is 2.87. The maximum Gasteiger partial charge on any atom is 0.264 e. The van der Waals surface area contributed by atoms with E-state index >= 15 is 0 Å². The number of amides is 1. The third kappa shape index (κ3) is 4.06. The maximum atomic E-state index is 12.1. The van der Waals surface area contributed by atoms with Gasteiger partial charge in [0.25, 0.3) is 5.91 Å². The highest BCUT2D eigenvalue weighted by atomic mass is 32.2. The Balaban J connectivity index is 1.80. The van der Waals surface area contributed by atoms with Crippen molar-refractivity contribution < 1.29 is 4.79 Å². The van der Waals surface area contributed by atoms with Crippen molar-refractivity contribution in [3.8, 4) is 0 Å². The lowest BCUT2D eigenvalue weighted by atomic mass is 10.2. The molecule has 2 aromatic carbocycles. The fourth-order valence-corrected chi connectivity index (χ4v) is 3.40. The van der Waals surface area contributed by atoms with Crippen LogP contribution in [-0.4, -0.2) is 17.3 Å². The summed E-state index contributed by atoms with van der Waals surface area (Å²) < 4.78 is 0. The Morgan fingerprint density at radius 1 is 1.17 bits per heavy atom. The van der Waals surface area contributed by atoms with E-state index in [9.17, 15) is 4.79 Å². The third-order valence-electron chi connectivity index (χ3n) is 3.30. The van der Waals surface area contributed by atoms with Crippen molar-refractivity contribution >= 4 is 46.4 Å². The molecule has 0 spiro atoms. The van der Waals surface area contributed by atoms with Crippen LogP contribution in [-0.2, 0) is 4.79 Å². The number of hydrogen-bond acceptors (Lipinski definition) is 4. The summed E-state index contributed by atoms with van der Waals surface area (Å²) in [5.41, 5.74) is 3.00. The molecule has 0 aliphatic carbocycles. The number of carbonyl (C=O) groups excluding carboxylic acids is 1. The van der Waals surface area contributed by atoms with Crippen LogP contribution in [0.2, 0.25) is 0 Å². The number of carbonyl (C=O) groups is 1. The van der Waals surface area contributed by atoms with Crippen molar-refractivity contribution in [2.24, 2.45) is 4.99 Å². The first kappa shape index (κ1) is 15.9. The highest BCUT2D eigenvalue weighted by Crippen LogP contribution is 2.28. The van der Waals surface area contributed by atoms with Gasteiger partial charge >= 0.3 is 0 Å². The summed E-state index contributed by atoms with van der Waals surface area (Å²) in [5, 5.41) is 3.43. The Bertz CT molecular complexity index is 795. The number of aliphatic imine (C=N–C) groups is 1. The van der Waals surface area contributed by atoms with Crippen molar-refractivity contribution in [3.05, 3.63) is 64.6 Å². The summed E-state index contributed by atoms with van der Waals surface area (Å²) in [7, 11) is 0. The van der Waals surface area contributed by atoms with E-state index in [1.807, 2.05) is 55.7 Å². The van der Waals surface area contributed by atoms with Gasteiger partial charge in [0.2, 0.25) is 0 Å². The second-order valence-electron chi connectivity index (χ2n) is 5.09. The third-order valence-corrected chi connectivity index (χ3v) is 4.95. The van der Waals surface area contributed by atoms with Crippen LogP contribution >= 0.6 is 23.5 Å². The van der Waals surface area contributed by atoms with Crippen molar-refractivity contribution in [2.75, 3.05) is 6.26 Å². The second kappa shape index (κ2) is 7.06. The minimum absolute atomic E-state index is 0.102. The Morgan fingerprint density at radius 3 is 2.65 bits per heavy atom. The van der Waals surface area contributed by atoms with Crippen molar-refractivity contribution in [1.29, 1.82) is 0 Å². The molecule has 1 fully saturated rings. The molecule has 1 saturated heterocycles. The molecule has 2 aromatic rings. The molecule has 3 nitrogen and oxygen atoms in total. The summed E-state index contributed by atoms with van der Waals surface area (Å²) in [6.07, 6.45) is 3.94. The zero-order valence-corrected chi connectivity index (χ0v) is 14.5. The summed E-state index contributed by atoms with van der Waals surface area (Å²) >= 11 is 3.07. The number of rotatable bonds is 3. The van der Waals surface area contributed by atoms with Gasteiger partial charge in [-0.15, -0.1) is 11.8 Å². The van der Waals surface area contributed by atoms with Crippen molar-refractivity contribution in [3.63, 3.8) is 0 Å². The molecule has 0 bridgehead atoms. The molecule has 0 radical (unpaired) electrons. The number of hydrogen-bond donors (Lipinski definition) is 1. The molecular weight excluding hydrogens is 324 g/mol. The van der Waals surface area contributed by atoms with Crippen LogP contribution in [0.1, 0.15) is 11.1 Å². The van der Waals surface area contributed by atoms with Gasteiger partial charge in [-0.25, -0.2) is 4.99 Å². The minimum Gasteiger partial charge on any atom is -0.300 e. The van der Waals surface area contributed by atoms with E-state index < -0.39 is 0 Å². The summed E-state index contributed by atoms with van der Waals surface area (Å²) in [4.78, 5) is 18.4. The maximum absolute atomic E-state index is 12.1. The molecular formula is C18H16N2OS2. The first-order chi connectivity index (χ1) is 11.1. The molecule has 0 saturated carbocycles. The number of nitrogens with zero attached hydrogens (tertiary/aromatic N) is 1. The zero-order chi connectivity index (χ0) is 16.2. The highest BCUT2D eigenvalue weighted by Gasteiger charge is 2.23. The SMILES string of the molecule is CSc1ccc(/C=C2/SC(=Nc3cccc(C)c3)NC2=O)cc1. The second-order valence-corrected chi connectivity index (χ2v) is 7.00.